The first-order valence-corrected chi connectivity index (χ1v) is 8.37. The number of hydrogen-bond acceptors (Lipinski definition) is 4. The van der Waals surface area contributed by atoms with E-state index in [2.05, 4.69) is 0 Å². The van der Waals surface area contributed by atoms with Crippen molar-refractivity contribution in [2.45, 2.75) is 24.2 Å². The Bertz CT molecular complexity index is 819. The third kappa shape index (κ3) is 5.91. The Morgan fingerprint density at radius 1 is 0.633 bits per heavy atom. The molecule has 0 heterocycles. The van der Waals surface area contributed by atoms with Gasteiger partial charge in [0.1, 0.15) is 0 Å². The van der Waals surface area contributed by atoms with E-state index in [1.165, 1.54) is 0 Å². The first-order valence-electron chi connectivity index (χ1n) is 8.37. The van der Waals surface area contributed by atoms with E-state index < -0.39 is 58.3 Å². The number of hydrogen-bond donors (Lipinski definition) is 0. The Kier molecular flexibility index (Phi) is 6.68. The molecule has 2 aromatic rings. The van der Waals surface area contributed by atoms with Crippen LogP contribution in [0.1, 0.15) is 34.1 Å². The van der Waals surface area contributed by atoms with Gasteiger partial charge in [-0.3, -0.25) is 20.2 Å². The van der Waals surface area contributed by atoms with Gasteiger partial charge in [0.15, 0.2) is 0 Å². The third-order valence-corrected chi connectivity index (χ3v) is 4.51. The van der Waals surface area contributed by atoms with Gasteiger partial charge in [0, 0.05) is 9.85 Å². The molecular weight excluding hydrogens is 422 g/mol. The molecular formula is C18H14F6N2O4. The Morgan fingerprint density at radius 2 is 0.900 bits per heavy atom. The van der Waals surface area contributed by atoms with Gasteiger partial charge in [-0.25, -0.2) is 0 Å². The van der Waals surface area contributed by atoms with E-state index >= 15 is 0 Å². The second-order valence-electron chi connectivity index (χ2n) is 6.48. The molecule has 0 spiro atoms. The topological polar surface area (TPSA) is 86.3 Å². The summed E-state index contributed by atoms with van der Waals surface area (Å²) in [5.74, 6) is -2.46. The lowest BCUT2D eigenvalue weighted by molar-refractivity contribution is -0.498. The van der Waals surface area contributed by atoms with Crippen molar-refractivity contribution in [3.8, 4) is 0 Å². The monoisotopic (exact) mass is 436 g/mol. The van der Waals surface area contributed by atoms with E-state index in [1.807, 2.05) is 0 Å². The second-order valence-corrected chi connectivity index (χ2v) is 6.48. The Hall–Kier alpha value is -3.18. The standard InChI is InChI=1S/C18H14F6N2O4/c19-17(20,21)13-5-1-11(2-6-13)15(9-25(27)28)16(10-26(29)30)12-3-7-14(8-4-12)18(22,23)24/h1-8,15-16H,9-10H2/t15-,16-/m1/s1. The number of nitrogens with zero attached hydrogens (tertiary/aromatic N) is 2. The van der Waals surface area contributed by atoms with Gasteiger partial charge >= 0.3 is 12.4 Å². The minimum absolute atomic E-state index is 0.0337. The van der Waals surface area contributed by atoms with Crippen LogP contribution in [0.5, 0.6) is 0 Å². The fourth-order valence-corrected chi connectivity index (χ4v) is 3.09. The first-order chi connectivity index (χ1) is 13.8. The van der Waals surface area contributed by atoms with Gasteiger partial charge in [0.05, 0.1) is 23.0 Å². The molecule has 30 heavy (non-hydrogen) atoms. The quantitative estimate of drug-likeness (QED) is 0.342. The minimum atomic E-state index is -4.65. The summed E-state index contributed by atoms with van der Waals surface area (Å²) in [5.41, 5.74) is -1.95. The summed E-state index contributed by atoms with van der Waals surface area (Å²) >= 11 is 0. The highest BCUT2D eigenvalue weighted by atomic mass is 19.4. The zero-order valence-corrected chi connectivity index (χ0v) is 15.0. The zero-order valence-electron chi connectivity index (χ0n) is 15.0. The van der Waals surface area contributed by atoms with Crippen LogP contribution in [0.15, 0.2) is 48.5 Å². The molecule has 0 aromatic heterocycles. The van der Waals surface area contributed by atoms with E-state index in [0.29, 0.717) is 24.3 Å². The highest BCUT2D eigenvalue weighted by molar-refractivity contribution is 5.33. The summed E-state index contributed by atoms with van der Waals surface area (Å²) in [4.78, 5) is 20.7. The summed E-state index contributed by atoms with van der Waals surface area (Å²) in [5, 5.41) is 22.2. The Balaban J connectivity index is 2.50. The van der Waals surface area contributed by atoms with Crippen LogP contribution in [0.3, 0.4) is 0 Å². The van der Waals surface area contributed by atoms with Gasteiger partial charge in [-0.1, -0.05) is 24.3 Å². The average molecular weight is 436 g/mol. The molecule has 12 heteroatoms. The van der Waals surface area contributed by atoms with Crippen LogP contribution in [-0.2, 0) is 12.4 Å². The van der Waals surface area contributed by atoms with Crippen molar-refractivity contribution in [2.75, 3.05) is 13.1 Å². The fourth-order valence-electron chi connectivity index (χ4n) is 3.09. The Labute approximate surface area is 165 Å². The smallest absolute Gasteiger partial charge is 0.265 e. The van der Waals surface area contributed by atoms with Crippen LogP contribution in [0.4, 0.5) is 26.3 Å². The molecule has 0 N–H and O–H groups in total. The molecule has 0 aliphatic heterocycles. The molecule has 0 amide bonds. The van der Waals surface area contributed by atoms with E-state index in [9.17, 15) is 46.6 Å². The molecule has 6 nitrogen and oxygen atoms in total. The predicted octanol–water partition coefficient (Wildman–Crippen LogP) is 5.15. The van der Waals surface area contributed by atoms with Crippen molar-refractivity contribution >= 4 is 0 Å². The van der Waals surface area contributed by atoms with Crippen molar-refractivity contribution in [2.24, 2.45) is 0 Å². The van der Waals surface area contributed by atoms with Crippen LogP contribution in [-0.4, -0.2) is 22.9 Å². The number of rotatable bonds is 7. The van der Waals surface area contributed by atoms with Crippen LogP contribution < -0.4 is 0 Å². The van der Waals surface area contributed by atoms with Gasteiger partial charge in [-0.05, 0) is 35.4 Å². The fraction of sp³-hybridized carbons (Fsp3) is 0.333. The van der Waals surface area contributed by atoms with Gasteiger partial charge < -0.3 is 0 Å². The number of alkyl halides is 6. The van der Waals surface area contributed by atoms with Gasteiger partial charge in [0.2, 0.25) is 13.1 Å². The molecule has 0 aliphatic carbocycles. The van der Waals surface area contributed by atoms with Crippen molar-refractivity contribution in [3.05, 3.63) is 91.0 Å². The molecule has 2 aromatic carbocycles. The largest absolute Gasteiger partial charge is 0.416 e. The summed E-state index contributed by atoms with van der Waals surface area (Å²) in [6.07, 6.45) is -9.30. The van der Waals surface area contributed by atoms with Crippen LogP contribution >= 0.6 is 0 Å². The van der Waals surface area contributed by atoms with Crippen molar-refractivity contribution in [1.82, 2.24) is 0 Å². The maximum atomic E-state index is 12.8. The lowest BCUT2D eigenvalue weighted by atomic mass is 9.81. The van der Waals surface area contributed by atoms with E-state index in [0.717, 1.165) is 24.3 Å². The highest BCUT2D eigenvalue weighted by Crippen LogP contribution is 2.37. The number of benzene rings is 2. The number of nitro groups is 2. The predicted molar refractivity (Wildman–Crippen MR) is 92.1 cm³/mol. The molecule has 162 valence electrons. The summed E-state index contributed by atoms with van der Waals surface area (Å²) in [6, 6.07) is 6.69. The van der Waals surface area contributed by atoms with Gasteiger partial charge in [0.25, 0.3) is 0 Å². The molecule has 0 aliphatic rings. The second kappa shape index (κ2) is 8.67. The minimum Gasteiger partial charge on any atom is -0.265 e. The van der Waals surface area contributed by atoms with Gasteiger partial charge in [-0.2, -0.15) is 26.3 Å². The van der Waals surface area contributed by atoms with E-state index in [-0.39, 0.29) is 11.1 Å². The van der Waals surface area contributed by atoms with Gasteiger partial charge in [-0.15, -0.1) is 0 Å². The van der Waals surface area contributed by atoms with Crippen molar-refractivity contribution in [1.29, 1.82) is 0 Å². The molecule has 0 saturated carbocycles. The van der Waals surface area contributed by atoms with Crippen molar-refractivity contribution < 1.29 is 36.2 Å². The lowest BCUT2D eigenvalue weighted by Crippen LogP contribution is -2.26. The molecule has 0 bridgehead atoms. The molecule has 0 saturated heterocycles. The summed E-state index contributed by atoms with van der Waals surface area (Å²) < 4.78 is 76.6. The van der Waals surface area contributed by atoms with E-state index in [4.69, 9.17) is 0 Å². The van der Waals surface area contributed by atoms with Crippen molar-refractivity contribution in [3.63, 3.8) is 0 Å². The first kappa shape index (κ1) is 23.1. The SMILES string of the molecule is O=[N+]([O-])C[C@H](c1ccc(C(F)(F)F)cc1)[C@H](C[N+](=O)[O-])c1ccc(C(F)(F)F)cc1. The van der Waals surface area contributed by atoms with Crippen LogP contribution in [0, 0.1) is 20.2 Å². The molecule has 0 unspecified atom stereocenters. The lowest BCUT2D eigenvalue weighted by Gasteiger charge is -2.23. The molecule has 0 fully saturated rings. The zero-order chi connectivity index (χ0) is 22.7. The molecule has 2 atom stereocenters. The Morgan fingerprint density at radius 3 is 1.10 bits per heavy atom. The van der Waals surface area contributed by atoms with E-state index in [1.54, 1.807) is 0 Å². The number of halogens is 6. The van der Waals surface area contributed by atoms with Crippen LogP contribution in [0.2, 0.25) is 0 Å². The maximum absolute atomic E-state index is 12.8. The summed E-state index contributed by atoms with van der Waals surface area (Å²) in [7, 11) is 0. The highest BCUT2D eigenvalue weighted by Gasteiger charge is 2.36. The molecule has 0 radical (unpaired) electrons. The average Bonchev–Trinajstić information content (AvgIpc) is 2.63. The third-order valence-electron chi connectivity index (χ3n) is 4.51. The molecule has 2 rings (SSSR count). The maximum Gasteiger partial charge on any atom is 0.416 e. The van der Waals surface area contributed by atoms with Crippen LogP contribution in [0.25, 0.3) is 0 Å². The summed E-state index contributed by atoms with van der Waals surface area (Å²) in [6.45, 7) is -1.71. The normalized spacial score (nSPS) is 14.2.